The number of aryl methyl sites for hydroxylation is 1. The molecule has 2 amide bonds. The number of benzene rings is 1. The van der Waals surface area contributed by atoms with Gasteiger partial charge in [-0.05, 0) is 55.4 Å². The van der Waals surface area contributed by atoms with Crippen LogP contribution in [-0.2, 0) is 22.4 Å². The number of aromatic hydroxyl groups is 1. The number of ether oxygens (including phenoxy) is 1. The number of nitrogens with one attached hydrogen (secondary N) is 1. The van der Waals surface area contributed by atoms with E-state index in [-0.39, 0.29) is 11.3 Å². The Hall–Kier alpha value is -2.87. The highest BCUT2D eigenvalue weighted by Crippen LogP contribution is 2.39. The summed E-state index contributed by atoms with van der Waals surface area (Å²) in [4.78, 5) is 37.3. The standard InChI is InChI=1S/C20H22N2O5S/c1-10-3-5-12(14(23)7-10)20(26)27-9-16(24)22-19-17(18(21)25)13-6-4-11(2)8-15(13)28-19/h3,5,7,11,23H,4,6,8-9H2,1-2H3,(H2,21,25)(H,22,24)/t11-/m0/s1. The zero-order valence-electron chi connectivity index (χ0n) is 15.7. The Morgan fingerprint density at radius 1 is 1.36 bits per heavy atom. The number of phenols is 1. The predicted molar refractivity (Wildman–Crippen MR) is 106 cm³/mol. The van der Waals surface area contributed by atoms with Gasteiger partial charge < -0.3 is 20.9 Å². The largest absolute Gasteiger partial charge is 0.507 e. The van der Waals surface area contributed by atoms with Gasteiger partial charge in [-0.15, -0.1) is 11.3 Å². The number of rotatable bonds is 5. The van der Waals surface area contributed by atoms with Gasteiger partial charge in [-0.2, -0.15) is 0 Å². The summed E-state index contributed by atoms with van der Waals surface area (Å²) in [6.45, 7) is 3.38. The molecule has 0 aliphatic heterocycles. The van der Waals surface area contributed by atoms with Crippen LogP contribution in [0.25, 0.3) is 0 Å². The van der Waals surface area contributed by atoms with Crippen molar-refractivity contribution in [3.8, 4) is 5.75 Å². The van der Waals surface area contributed by atoms with Gasteiger partial charge in [-0.25, -0.2) is 4.79 Å². The molecule has 8 heteroatoms. The number of anilines is 1. The molecule has 0 unspecified atom stereocenters. The number of esters is 1. The molecule has 0 bridgehead atoms. The molecule has 0 saturated heterocycles. The van der Waals surface area contributed by atoms with Crippen molar-refractivity contribution in [3.63, 3.8) is 0 Å². The molecular formula is C20H22N2O5S. The highest BCUT2D eigenvalue weighted by Gasteiger charge is 2.27. The minimum atomic E-state index is -0.804. The lowest BCUT2D eigenvalue weighted by Gasteiger charge is -2.18. The Kier molecular flexibility index (Phi) is 5.69. The van der Waals surface area contributed by atoms with Gasteiger partial charge in [0.1, 0.15) is 16.3 Å². The molecule has 0 radical (unpaired) electrons. The number of phenolic OH excluding ortho intramolecular Hbond substituents is 1. The molecule has 0 fully saturated rings. The van der Waals surface area contributed by atoms with E-state index in [1.54, 1.807) is 13.0 Å². The van der Waals surface area contributed by atoms with E-state index >= 15 is 0 Å². The van der Waals surface area contributed by atoms with Crippen LogP contribution in [0.4, 0.5) is 5.00 Å². The molecule has 3 rings (SSSR count). The molecule has 1 atom stereocenters. The van der Waals surface area contributed by atoms with E-state index in [9.17, 15) is 19.5 Å². The Bertz CT molecular complexity index is 950. The molecule has 1 aliphatic rings. The van der Waals surface area contributed by atoms with Crippen LogP contribution in [0, 0.1) is 12.8 Å². The monoisotopic (exact) mass is 402 g/mol. The maximum absolute atomic E-state index is 12.2. The number of amides is 2. The van der Waals surface area contributed by atoms with Crippen molar-refractivity contribution in [1.82, 2.24) is 0 Å². The zero-order chi connectivity index (χ0) is 20.4. The normalized spacial score (nSPS) is 15.6. The average Bonchev–Trinajstić information content (AvgIpc) is 2.96. The first-order valence-electron chi connectivity index (χ1n) is 8.97. The van der Waals surface area contributed by atoms with Gasteiger partial charge in [0.15, 0.2) is 6.61 Å². The van der Waals surface area contributed by atoms with Crippen molar-refractivity contribution >= 4 is 34.1 Å². The van der Waals surface area contributed by atoms with Crippen LogP contribution in [0.1, 0.15) is 50.1 Å². The maximum atomic E-state index is 12.2. The number of primary amides is 1. The van der Waals surface area contributed by atoms with Crippen LogP contribution in [0.5, 0.6) is 5.75 Å². The third kappa shape index (κ3) is 4.17. The summed E-state index contributed by atoms with van der Waals surface area (Å²) in [5.41, 5.74) is 7.56. The quantitative estimate of drug-likeness (QED) is 0.665. The Morgan fingerprint density at radius 3 is 2.79 bits per heavy atom. The summed E-state index contributed by atoms with van der Waals surface area (Å²) in [6.07, 6.45) is 2.57. The predicted octanol–water partition coefficient (Wildman–Crippen LogP) is 2.78. The van der Waals surface area contributed by atoms with Crippen LogP contribution in [0.15, 0.2) is 18.2 Å². The van der Waals surface area contributed by atoms with Gasteiger partial charge in [-0.3, -0.25) is 9.59 Å². The second kappa shape index (κ2) is 8.02. The van der Waals surface area contributed by atoms with Crippen molar-refractivity contribution in [1.29, 1.82) is 0 Å². The number of fused-ring (bicyclic) bond motifs is 1. The SMILES string of the molecule is Cc1ccc(C(=O)OCC(=O)Nc2sc3c(c2C(N)=O)CC[C@H](C)C3)c(O)c1. The molecule has 4 N–H and O–H groups in total. The van der Waals surface area contributed by atoms with Gasteiger partial charge in [0, 0.05) is 4.88 Å². The Labute approximate surface area is 166 Å². The molecule has 7 nitrogen and oxygen atoms in total. The molecule has 148 valence electrons. The highest BCUT2D eigenvalue weighted by molar-refractivity contribution is 7.17. The number of hydrogen-bond donors (Lipinski definition) is 3. The van der Waals surface area contributed by atoms with Crippen molar-refractivity contribution < 1.29 is 24.2 Å². The van der Waals surface area contributed by atoms with E-state index in [4.69, 9.17) is 10.5 Å². The summed E-state index contributed by atoms with van der Waals surface area (Å²) in [5.74, 6) is -1.65. The van der Waals surface area contributed by atoms with Gasteiger partial charge in [0.05, 0.1) is 5.56 Å². The number of carbonyl (C=O) groups is 3. The lowest BCUT2D eigenvalue weighted by molar-refractivity contribution is -0.119. The first-order valence-corrected chi connectivity index (χ1v) is 9.78. The summed E-state index contributed by atoms with van der Waals surface area (Å²) >= 11 is 1.34. The van der Waals surface area contributed by atoms with E-state index in [2.05, 4.69) is 12.2 Å². The molecular weight excluding hydrogens is 380 g/mol. The van der Waals surface area contributed by atoms with E-state index in [0.717, 1.165) is 35.3 Å². The van der Waals surface area contributed by atoms with Crippen molar-refractivity contribution in [2.75, 3.05) is 11.9 Å². The van der Waals surface area contributed by atoms with Crippen molar-refractivity contribution in [2.24, 2.45) is 11.7 Å². The summed E-state index contributed by atoms with van der Waals surface area (Å²) in [5, 5.41) is 12.9. The number of hydrogen-bond acceptors (Lipinski definition) is 6. The van der Waals surface area contributed by atoms with E-state index < -0.39 is 24.4 Å². The fourth-order valence-electron chi connectivity index (χ4n) is 3.29. The molecule has 1 aromatic heterocycles. The van der Waals surface area contributed by atoms with Gasteiger partial charge in [-0.1, -0.05) is 13.0 Å². The lowest BCUT2D eigenvalue weighted by Crippen LogP contribution is -2.23. The van der Waals surface area contributed by atoms with E-state index in [0.29, 0.717) is 16.5 Å². The van der Waals surface area contributed by atoms with E-state index in [1.807, 2.05) is 0 Å². The molecule has 28 heavy (non-hydrogen) atoms. The Balaban J connectivity index is 1.68. The first-order chi connectivity index (χ1) is 13.3. The summed E-state index contributed by atoms with van der Waals surface area (Å²) < 4.78 is 4.98. The fraction of sp³-hybridized carbons (Fsp3) is 0.350. The van der Waals surface area contributed by atoms with Crippen molar-refractivity contribution in [3.05, 3.63) is 45.3 Å². The third-order valence-electron chi connectivity index (χ3n) is 4.72. The molecule has 2 aromatic rings. The van der Waals surface area contributed by atoms with Gasteiger partial charge in [0.25, 0.3) is 11.8 Å². The first kappa shape index (κ1) is 19.9. The molecule has 1 heterocycles. The number of thiophene rings is 1. The second-order valence-corrected chi connectivity index (χ2v) is 8.17. The third-order valence-corrected chi connectivity index (χ3v) is 5.89. The van der Waals surface area contributed by atoms with E-state index in [1.165, 1.54) is 23.5 Å². The minimum Gasteiger partial charge on any atom is -0.507 e. The fourth-order valence-corrected chi connectivity index (χ4v) is 4.72. The van der Waals surface area contributed by atoms with Crippen LogP contribution in [-0.4, -0.2) is 29.5 Å². The zero-order valence-corrected chi connectivity index (χ0v) is 16.5. The maximum Gasteiger partial charge on any atom is 0.342 e. The molecule has 0 saturated carbocycles. The summed E-state index contributed by atoms with van der Waals surface area (Å²) in [7, 11) is 0. The smallest absolute Gasteiger partial charge is 0.342 e. The van der Waals surface area contributed by atoms with Crippen molar-refractivity contribution in [2.45, 2.75) is 33.1 Å². The van der Waals surface area contributed by atoms with Gasteiger partial charge >= 0.3 is 5.97 Å². The van der Waals surface area contributed by atoms with Gasteiger partial charge in [0.2, 0.25) is 0 Å². The minimum absolute atomic E-state index is 0.0169. The lowest BCUT2D eigenvalue weighted by atomic mass is 9.88. The Morgan fingerprint density at radius 2 is 2.11 bits per heavy atom. The summed E-state index contributed by atoms with van der Waals surface area (Å²) in [6, 6.07) is 4.53. The number of nitrogens with two attached hydrogens (primary N) is 1. The molecule has 0 spiro atoms. The second-order valence-electron chi connectivity index (χ2n) is 7.07. The van der Waals surface area contributed by atoms with Crippen LogP contribution in [0.2, 0.25) is 0 Å². The number of carbonyl (C=O) groups excluding carboxylic acids is 3. The van der Waals surface area contributed by atoms with Crippen LogP contribution >= 0.6 is 11.3 Å². The highest BCUT2D eigenvalue weighted by atomic mass is 32.1. The molecule has 1 aromatic carbocycles. The molecule has 1 aliphatic carbocycles. The average molecular weight is 402 g/mol. The van der Waals surface area contributed by atoms with Crippen LogP contribution in [0.3, 0.4) is 0 Å². The van der Waals surface area contributed by atoms with Crippen LogP contribution < -0.4 is 11.1 Å². The topological polar surface area (TPSA) is 119 Å².